The fourth-order valence-electron chi connectivity index (χ4n) is 1.16. The van der Waals surface area contributed by atoms with Crippen LogP contribution < -0.4 is 11.1 Å². The minimum Gasteiger partial charge on any atom is -0.389 e. The summed E-state index contributed by atoms with van der Waals surface area (Å²) in [4.78, 5) is 0.443. The monoisotopic (exact) mass is 222 g/mol. The molecule has 0 heterocycles. The molecular formula is C12H18N2S. The second-order valence-electron chi connectivity index (χ2n) is 4.12. The summed E-state index contributed by atoms with van der Waals surface area (Å²) in [6, 6.07) is 8.36. The summed E-state index contributed by atoms with van der Waals surface area (Å²) in [7, 11) is 0. The van der Waals surface area contributed by atoms with Gasteiger partial charge in [-0.3, -0.25) is 0 Å². The highest BCUT2D eigenvalue weighted by Crippen LogP contribution is 2.13. The van der Waals surface area contributed by atoms with Gasteiger partial charge in [0.25, 0.3) is 0 Å². The summed E-state index contributed by atoms with van der Waals surface area (Å²) in [6.45, 7) is 6.56. The second kappa shape index (κ2) is 5.12. The quantitative estimate of drug-likeness (QED) is 0.769. The SMILES string of the molecule is CC(C)C(C)Nc1ccc(C(N)=S)cc1. The Morgan fingerprint density at radius 3 is 2.13 bits per heavy atom. The zero-order valence-electron chi connectivity index (χ0n) is 9.45. The number of nitrogens with two attached hydrogens (primary N) is 1. The molecule has 2 nitrogen and oxygen atoms in total. The number of hydrogen-bond donors (Lipinski definition) is 2. The highest BCUT2D eigenvalue weighted by atomic mass is 32.1. The third kappa shape index (κ3) is 3.51. The van der Waals surface area contributed by atoms with Gasteiger partial charge in [0.05, 0.1) is 0 Å². The number of thiocarbonyl (C=S) groups is 1. The van der Waals surface area contributed by atoms with Crippen molar-refractivity contribution >= 4 is 22.9 Å². The van der Waals surface area contributed by atoms with E-state index in [0.29, 0.717) is 16.9 Å². The minimum absolute atomic E-state index is 0.443. The van der Waals surface area contributed by atoms with Crippen molar-refractivity contribution in [2.75, 3.05) is 5.32 Å². The molecule has 0 saturated carbocycles. The Bertz CT molecular complexity index is 330. The van der Waals surface area contributed by atoms with Gasteiger partial charge in [-0.25, -0.2) is 0 Å². The van der Waals surface area contributed by atoms with E-state index >= 15 is 0 Å². The molecule has 1 unspecified atom stereocenters. The molecule has 1 aromatic carbocycles. The smallest absolute Gasteiger partial charge is 0.103 e. The van der Waals surface area contributed by atoms with Crippen molar-refractivity contribution in [2.45, 2.75) is 26.8 Å². The van der Waals surface area contributed by atoms with Crippen molar-refractivity contribution in [3.05, 3.63) is 29.8 Å². The fourth-order valence-corrected chi connectivity index (χ4v) is 1.30. The van der Waals surface area contributed by atoms with E-state index in [9.17, 15) is 0 Å². The van der Waals surface area contributed by atoms with Gasteiger partial charge in [-0.1, -0.05) is 26.1 Å². The molecule has 0 aromatic heterocycles. The molecule has 82 valence electrons. The molecule has 3 heteroatoms. The van der Waals surface area contributed by atoms with E-state index in [1.54, 1.807) is 0 Å². The second-order valence-corrected chi connectivity index (χ2v) is 4.56. The third-order valence-electron chi connectivity index (χ3n) is 2.56. The largest absolute Gasteiger partial charge is 0.389 e. The maximum atomic E-state index is 5.52. The van der Waals surface area contributed by atoms with Gasteiger partial charge in [0.1, 0.15) is 4.99 Å². The van der Waals surface area contributed by atoms with Crippen LogP contribution in [0.5, 0.6) is 0 Å². The topological polar surface area (TPSA) is 38.0 Å². The molecule has 0 aliphatic carbocycles. The summed E-state index contributed by atoms with van der Waals surface area (Å²) in [5, 5.41) is 3.42. The first-order chi connectivity index (χ1) is 7.00. The zero-order chi connectivity index (χ0) is 11.4. The fraction of sp³-hybridized carbons (Fsp3) is 0.417. The number of hydrogen-bond acceptors (Lipinski definition) is 2. The Balaban J connectivity index is 2.68. The van der Waals surface area contributed by atoms with Crippen LogP contribution in [0.25, 0.3) is 0 Å². The molecule has 0 fully saturated rings. The summed E-state index contributed by atoms with van der Waals surface area (Å²) in [6.07, 6.45) is 0. The molecule has 0 bridgehead atoms. The Labute approximate surface area is 96.9 Å². The van der Waals surface area contributed by atoms with E-state index in [2.05, 4.69) is 26.1 Å². The maximum absolute atomic E-state index is 5.52. The number of nitrogens with one attached hydrogen (secondary N) is 1. The lowest BCUT2D eigenvalue weighted by Crippen LogP contribution is -2.21. The van der Waals surface area contributed by atoms with Gasteiger partial charge in [-0.05, 0) is 37.1 Å². The van der Waals surface area contributed by atoms with Crippen LogP contribution in [0.1, 0.15) is 26.3 Å². The van der Waals surface area contributed by atoms with Crippen molar-refractivity contribution in [1.29, 1.82) is 0 Å². The predicted octanol–water partition coefficient (Wildman–Crippen LogP) is 2.78. The average molecular weight is 222 g/mol. The van der Waals surface area contributed by atoms with Crippen LogP contribution in [0.3, 0.4) is 0 Å². The molecule has 0 aliphatic rings. The van der Waals surface area contributed by atoms with Crippen LogP contribution in [0.15, 0.2) is 24.3 Å². The number of benzene rings is 1. The molecule has 0 saturated heterocycles. The molecular weight excluding hydrogens is 204 g/mol. The Morgan fingerprint density at radius 2 is 1.73 bits per heavy atom. The van der Waals surface area contributed by atoms with Crippen molar-refractivity contribution in [3.63, 3.8) is 0 Å². The first-order valence-electron chi connectivity index (χ1n) is 5.17. The lowest BCUT2D eigenvalue weighted by atomic mass is 10.1. The van der Waals surface area contributed by atoms with Crippen LogP contribution in [-0.2, 0) is 0 Å². The van der Waals surface area contributed by atoms with Crippen LogP contribution in [0, 0.1) is 5.92 Å². The van der Waals surface area contributed by atoms with Crippen molar-refractivity contribution in [2.24, 2.45) is 11.7 Å². The van der Waals surface area contributed by atoms with E-state index in [1.165, 1.54) is 0 Å². The molecule has 1 aromatic rings. The number of anilines is 1. The minimum atomic E-state index is 0.443. The maximum Gasteiger partial charge on any atom is 0.103 e. The lowest BCUT2D eigenvalue weighted by Gasteiger charge is -2.18. The summed E-state index contributed by atoms with van der Waals surface area (Å²) in [5.41, 5.74) is 7.54. The van der Waals surface area contributed by atoms with Gasteiger partial charge >= 0.3 is 0 Å². The third-order valence-corrected chi connectivity index (χ3v) is 2.80. The summed E-state index contributed by atoms with van der Waals surface area (Å²) in [5.74, 6) is 0.611. The van der Waals surface area contributed by atoms with Gasteiger partial charge in [0.2, 0.25) is 0 Å². The van der Waals surface area contributed by atoms with Crippen molar-refractivity contribution in [1.82, 2.24) is 0 Å². The molecule has 0 aliphatic heterocycles. The molecule has 0 amide bonds. The summed E-state index contributed by atoms with van der Waals surface area (Å²) >= 11 is 4.89. The van der Waals surface area contributed by atoms with E-state index in [4.69, 9.17) is 18.0 Å². The van der Waals surface area contributed by atoms with Crippen LogP contribution in [0.4, 0.5) is 5.69 Å². The van der Waals surface area contributed by atoms with Crippen LogP contribution >= 0.6 is 12.2 Å². The molecule has 1 atom stereocenters. The highest BCUT2D eigenvalue weighted by molar-refractivity contribution is 7.80. The van der Waals surface area contributed by atoms with Crippen molar-refractivity contribution < 1.29 is 0 Å². The number of rotatable bonds is 4. The average Bonchev–Trinajstić information content (AvgIpc) is 2.18. The highest BCUT2D eigenvalue weighted by Gasteiger charge is 2.06. The molecule has 0 radical (unpaired) electrons. The molecule has 15 heavy (non-hydrogen) atoms. The van der Waals surface area contributed by atoms with Gasteiger partial charge in [0.15, 0.2) is 0 Å². The Morgan fingerprint density at radius 1 is 1.20 bits per heavy atom. The first-order valence-corrected chi connectivity index (χ1v) is 5.58. The van der Waals surface area contributed by atoms with Crippen molar-refractivity contribution in [3.8, 4) is 0 Å². The Kier molecular flexibility index (Phi) is 4.09. The molecule has 0 spiro atoms. The summed E-state index contributed by atoms with van der Waals surface area (Å²) < 4.78 is 0. The van der Waals surface area contributed by atoms with Gasteiger partial charge < -0.3 is 11.1 Å². The van der Waals surface area contributed by atoms with E-state index < -0.39 is 0 Å². The van der Waals surface area contributed by atoms with E-state index in [1.807, 2.05) is 24.3 Å². The Hall–Kier alpha value is -1.09. The van der Waals surface area contributed by atoms with E-state index in [-0.39, 0.29) is 0 Å². The lowest BCUT2D eigenvalue weighted by molar-refractivity contribution is 0.560. The van der Waals surface area contributed by atoms with Crippen LogP contribution in [-0.4, -0.2) is 11.0 Å². The standard InChI is InChI=1S/C12H18N2S/c1-8(2)9(3)14-11-6-4-10(5-7-11)12(13)15/h4-9,14H,1-3H3,(H2,13,15). The van der Waals surface area contributed by atoms with E-state index in [0.717, 1.165) is 11.3 Å². The van der Waals surface area contributed by atoms with Crippen LogP contribution in [0.2, 0.25) is 0 Å². The van der Waals surface area contributed by atoms with Gasteiger partial charge in [0, 0.05) is 17.3 Å². The predicted molar refractivity (Wildman–Crippen MR) is 70.3 cm³/mol. The van der Waals surface area contributed by atoms with Gasteiger partial charge in [-0.2, -0.15) is 0 Å². The normalized spacial score (nSPS) is 12.5. The van der Waals surface area contributed by atoms with Gasteiger partial charge in [-0.15, -0.1) is 0 Å². The molecule has 3 N–H and O–H groups in total. The first kappa shape index (κ1) is 12.0. The zero-order valence-corrected chi connectivity index (χ0v) is 10.3. The molecule has 1 rings (SSSR count).